The second-order valence-electron chi connectivity index (χ2n) is 25.1. The molecular weight excluding hydrogens is 1050 g/mol. The van der Waals surface area contributed by atoms with Gasteiger partial charge in [0.1, 0.15) is 0 Å². The van der Waals surface area contributed by atoms with Crippen LogP contribution in [0.2, 0.25) is 0 Å². The third-order valence-electron chi connectivity index (χ3n) is 19.8. The van der Waals surface area contributed by atoms with Gasteiger partial charge < -0.3 is 14.4 Å². The molecule has 18 rings (SSSR count). The zero-order valence-corrected chi connectivity index (χ0v) is 49.0. The third kappa shape index (κ3) is 6.94. The van der Waals surface area contributed by atoms with Crippen molar-refractivity contribution in [1.82, 2.24) is 4.57 Å². The van der Waals surface area contributed by atoms with Gasteiger partial charge in [0.15, 0.2) is 0 Å². The highest BCUT2D eigenvalue weighted by Gasteiger charge is 2.41. The Balaban J connectivity index is 0.948. The second kappa shape index (κ2) is 18.4. The van der Waals surface area contributed by atoms with Crippen LogP contribution in [0.4, 0.5) is 34.1 Å². The van der Waals surface area contributed by atoms with Crippen LogP contribution in [0.25, 0.3) is 114 Å². The zero-order valence-electron chi connectivity index (χ0n) is 49.0. The number of nitrogens with zero attached hydrogens (tertiary/aromatic N) is 3. The molecule has 0 unspecified atom stereocenters. The van der Waals surface area contributed by atoms with Crippen molar-refractivity contribution in [2.45, 2.75) is 38.5 Å². The van der Waals surface area contributed by atoms with Crippen molar-refractivity contribution >= 4 is 121 Å². The SMILES string of the molecule is CC1(C)c2ccc3ccccc3c2-c2c1cc(N(c1ccccc1)c1cc3c(c4ccccc14)c1c4ccccc4c(N(c4ccccc4)c4cc5c(c6ccccc46)-c4c(ccc6ccccc46)C5(C)C)cc1n3-c1ccccc1)c1ccccc21. The molecule has 1 aromatic heterocycles. The van der Waals surface area contributed by atoms with Crippen molar-refractivity contribution in [2.24, 2.45) is 0 Å². The van der Waals surface area contributed by atoms with E-state index in [9.17, 15) is 0 Å². The van der Waals surface area contributed by atoms with E-state index in [0.29, 0.717) is 0 Å². The summed E-state index contributed by atoms with van der Waals surface area (Å²) in [4.78, 5) is 5.13. The first kappa shape index (κ1) is 49.7. The summed E-state index contributed by atoms with van der Waals surface area (Å²) in [6.07, 6.45) is 0. The van der Waals surface area contributed by atoms with E-state index in [2.05, 4.69) is 327 Å². The van der Waals surface area contributed by atoms with Crippen LogP contribution in [0.3, 0.4) is 0 Å². The van der Waals surface area contributed by atoms with E-state index in [0.717, 1.165) is 50.8 Å². The number of hydrogen-bond acceptors (Lipinski definition) is 2. The van der Waals surface area contributed by atoms with Gasteiger partial charge in [0.25, 0.3) is 0 Å². The molecule has 0 spiro atoms. The Labute approximate surface area is 505 Å². The first-order valence-corrected chi connectivity index (χ1v) is 30.6. The van der Waals surface area contributed by atoms with E-state index in [4.69, 9.17) is 0 Å². The average molecular weight is 1110 g/mol. The van der Waals surface area contributed by atoms with Gasteiger partial charge in [0.05, 0.1) is 33.8 Å². The van der Waals surface area contributed by atoms with Gasteiger partial charge in [0, 0.05) is 60.2 Å². The Kier molecular flexibility index (Phi) is 10.5. The minimum absolute atomic E-state index is 0.268. The Hall–Kier alpha value is -10.7. The Morgan fingerprint density at radius 1 is 0.253 bits per heavy atom. The molecule has 87 heavy (non-hydrogen) atoms. The maximum absolute atomic E-state index is 2.57. The van der Waals surface area contributed by atoms with Crippen LogP contribution < -0.4 is 9.80 Å². The topological polar surface area (TPSA) is 11.4 Å². The largest absolute Gasteiger partial charge is 0.309 e. The van der Waals surface area contributed by atoms with Crippen LogP contribution in [0.5, 0.6) is 0 Å². The molecule has 0 atom stereocenters. The summed E-state index contributed by atoms with van der Waals surface area (Å²) in [5.41, 5.74) is 20.4. The molecule has 0 amide bonds. The molecule has 2 aliphatic carbocycles. The van der Waals surface area contributed by atoms with E-state index in [1.54, 1.807) is 0 Å². The molecular formula is C84H59N3. The van der Waals surface area contributed by atoms with E-state index in [-0.39, 0.29) is 10.8 Å². The monoisotopic (exact) mass is 1110 g/mol. The van der Waals surface area contributed by atoms with Gasteiger partial charge in [-0.25, -0.2) is 0 Å². The molecule has 0 saturated carbocycles. The average Bonchev–Trinajstić information content (AvgIpc) is 1.61. The lowest BCUT2D eigenvalue weighted by atomic mass is 9.81. The molecule has 0 fully saturated rings. The van der Waals surface area contributed by atoms with Crippen molar-refractivity contribution in [3.63, 3.8) is 0 Å². The second-order valence-corrected chi connectivity index (χ2v) is 25.1. The van der Waals surface area contributed by atoms with Crippen molar-refractivity contribution in [3.8, 4) is 27.9 Å². The molecule has 410 valence electrons. The normalized spacial score (nSPS) is 13.7. The number of anilines is 6. The standard InChI is InChI=1S/C84H59N3/c1-83(2)67-46-44-52-26-14-16-34-57(52)77(67)79-63-40-22-18-36-59(63)71(48-69(79)83)85(54-28-8-5-9-29-54)73-50-75-81(65-42-24-20-38-61(65)73)82-66-43-25-21-39-62(66)74(51-76(82)87(75)56-32-12-7-13-33-56)86(55-30-10-6-11-31-55)72-49-70-80(64-41-23-19-37-60(64)72)78-58-35-17-15-27-53(58)45-47-68(78)84(70,3)4/h5-51H,1-4H3. The number of hydrogen-bond donors (Lipinski definition) is 0. The summed E-state index contributed by atoms with van der Waals surface area (Å²) in [6, 6.07) is 107. The predicted octanol–water partition coefficient (Wildman–Crippen LogP) is 23.3. The highest BCUT2D eigenvalue weighted by atomic mass is 15.2. The number of aromatic nitrogens is 1. The highest BCUT2D eigenvalue weighted by Crippen LogP contribution is 2.60. The van der Waals surface area contributed by atoms with E-state index in [1.165, 1.54) is 120 Å². The fourth-order valence-corrected chi connectivity index (χ4v) is 15.9. The first-order valence-electron chi connectivity index (χ1n) is 30.6. The molecule has 3 heteroatoms. The fraction of sp³-hybridized carbons (Fsp3) is 0.0714. The van der Waals surface area contributed by atoms with Crippen molar-refractivity contribution in [1.29, 1.82) is 0 Å². The number of para-hydroxylation sites is 3. The van der Waals surface area contributed by atoms with Gasteiger partial charge in [0.2, 0.25) is 0 Å². The smallest absolute Gasteiger partial charge is 0.0568 e. The quantitative estimate of drug-likeness (QED) is 0.158. The first-order chi connectivity index (χ1) is 42.7. The zero-order chi connectivity index (χ0) is 57.9. The molecule has 1 heterocycles. The summed E-state index contributed by atoms with van der Waals surface area (Å²) >= 11 is 0. The summed E-state index contributed by atoms with van der Waals surface area (Å²) in [6.45, 7) is 9.68. The van der Waals surface area contributed by atoms with E-state index >= 15 is 0 Å². The van der Waals surface area contributed by atoms with Crippen LogP contribution in [-0.2, 0) is 10.8 Å². The molecule has 0 aliphatic heterocycles. The molecule has 2 aliphatic rings. The lowest BCUT2D eigenvalue weighted by Crippen LogP contribution is -2.17. The Morgan fingerprint density at radius 2 is 0.552 bits per heavy atom. The molecule has 0 saturated heterocycles. The Bertz CT molecular complexity index is 5250. The van der Waals surface area contributed by atoms with Gasteiger partial charge in [-0.1, -0.05) is 252 Å². The van der Waals surface area contributed by atoms with Crippen LogP contribution in [0, 0.1) is 0 Å². The van der Waals surface area contributed by atoms with Gasteiger partial charge in [-0.05, 0) is 148 Å². The van der Waals surface area contributed by atoms with Crippen molar-refractivity contribution < 1.29 is 0 Å². The van der Waals surface area contributed by atoms with Gasteiger partial charge >= 0.3 is 0 Å². The summed E-state index contributed by atoms with van der Waals surface area (Å²) < 4.78 is 2.56. The molecule has 3 nitrogen and oxygen atoms in total. The Morgan fingerprint density at radius 3 is 0.954 bits per heavy atom. The number of benzene rings is 15. The number of rotatable bonds is 7. The molecule has 0 bridgehead atoms. The van der Waals surface area contributed by atoms with Crippen LogP contribution >= 0.6 is 0 Å². The van der Waals surface area contributed by atoms with Crippen LogP contribution in [0.15, 0.2) is 285 Å². The van der Waals surface area contributed by atoms with Crippen molar-refractivity contribution in [2.75, 3.05) is 9.80 Å². The minimum Gasteiger partial charge on any atom is -0.309 e. The summed E-state index contributed by atoms with van der Waals surface area (Å²) in [5.74, 6) is 0. The van der Waals surface area contributed by atoms with E-state index in [1.807, 2.05) is 0 Å². The lowest BCUT2D eigenvalue weighted by Gasteiger charge is -2.31. The highest BCUT2D eigenvalue weighted by molar-refractivity contribution is 6.33. The molecule has 15 aromatic carbocycles. The molecule has 0 radical (unpaired) electrons. The third-order valence-corrected chi connectivity index (χ3v) is 19.8. The fourth-order valence-electron chi connectivity index (χ4n) is 15.9. The van der Waals surface area contributed by atoms with Gasteiger partial charge in [-0.15, -0.1) is 0 Å². The number of fused-ring (bicyclic) bond motifs is 21. The van der Waals surface area contributed by atoms with E-state index < -0.39 is 0 Å². The molecule has 0 N–H and O–H groups in total. The lowest BCUT2D eigenvalue weighted by molar-refractivity contribution is 0.661. The maximum atomic E-state index is 2.57. The van der Waals surface area contributed by atoms with Gasteiger partial charge in [-0.3, -0.25) is 0 Å². The van der Waals surface area contributed by atoms with Crippen LogP contribution in [-0.4, -0.2) is 4.57 Å². The van der Waals surface area contributed by atoms with Gasteiger partial charge in [-0.2, -0.15) is 0 Å². The summed E-state index contributed by atoms with van der Waals surface area (Å²) in [5, 5.41) is 17.3. The maximum Gasteiger partial charge on any atom is 0.0568 e. The predicted molar refractivity (Wildman–Crippen MR) is 370 cm³/mol. The minimum atomic E-state index is -0.268. The molecule has 16 aromatic rings. The van der Waals surface area contributed by atoms with Crippen LogP contribution in [0.1, 0.15) is 49.9 Å². The summed E-state index contributed by atoms with van der Waals surface area (Å²) in [7, 11) is 0. The van der Waals surface area contributed by atoms with Crippen molar-refractivity contribution in [3.05, 3.63) is 307 Å².